The van der Waals surface area contributed by atoms with Gasteiger partial charge in [-0.3, -0.25) is 9.59 Å². The second kappa shape index (κ2) is 7.69. The van der Waals surface area contributed by atoms with Crippen LogP contribution in [-0.4, -0.2) is 23.3 Å². The predicted octanol–water partition coefficient (Wildman–Crippen LogP) is 4.43. The minimum atomic E-state index is -0.605. The zero-order valence-corrected chi connectivity index (χ0v) is 17.0. The number of nitrogens with one attached hydrogen (secondary N) is 1. The fourth-order valence-electron chi connectivity index (χ4n) is 4.32. The number of hydrogen-bond acceptors (Lipinski definition) is 3. The highest BCUT2D eigenvalue weighted by Gasteiger charge is 2.49. The molecule has 0 spiro atoms. The molecule has 1 aliphatic heterocycles. The van der Waals surface area contributed by atoms with Crippen molar-refractivity contribution < 1.29 is 14.0 Å². The van der Waals surface area contributed by atoms with E-state index in [-0.39, 0.29) is 35.5 Å². The molecule has 0 bridgehead atoms. The molecule has 4 atom stereocenters. The topological polar surface area (TPSA) is 49.4 Å². The maximum absolute atomic E-state index is 13.5. The van der Waals surface area contributed by atoms with Gasteiger partial charge in [-0.05, 0) is 47.0 Å². The summed E-state index contributed by atoms with van der Waals surface area (Å²) in [6, 6.07) is 19.1. The molecule has 1 saturated heterocycles. The number of thiophene rings is 1. The highest BCUT2D eigenvalue weighted by atomic mass is 32.1. The van der Waals surface area contributed by atoms with Crippen molar-refractivity contribution in [2.24, 2.45) is 5.92 Å². The molecule has 5 rings (SSSR count). The van der Waals surface area contributed by atoms with Crippen molar-refractivity contribution in [3.63, 3.8) is 0 Å². The first-order chi connectivity index (χ1) is 14.6. The second-order valence-electron chi connectivity index (χ2n) is 7.88. The summed E-state index contributed by atoms with van der Waals surface area (Å²) in [6.07, 6.45) is 0.732. The van der Waals surface area contributed by atoms with Crippen LogP contribution in [0.3, 0.4) is 0 Å². The van der Waals surface area contributed by atoms with Crippen LogP contribution in [0.2, 0.25) is 0 Å². The van der Waals surface area contributed by atoms with Gasteiger partial charge >= 0.3 is 0 Å². The van der Waals surface area contributed by atoms with Crippen molar-refractivity contribution in [2.75, 3.05) is 6.54 Å². The molecule has 30 heavy (non-hydrogen) atoms. The first-order valence-corrected chi connectivity index (χ1v) is 10.9. The molecule has 4 nitrogen and oxygen atoms in total. The Balaban J connectivity index is 1.42. The molecule has 0 unspecified atom stereocenters. The molecule has 6 heteroatoms. The maximum Gasteiger partial charge on any atom is 0.248 e. The molecule has 0 radical (unpaired) electrons. The lowest BCUT2D eigenvalue weighted by molar-refractivity contribution is -0.146. The predicted molar refractivity (Wildman–Crippen MR) is 113 cm³/mol. The molecule has 152 valence electrons. The molecule has 2 fully saturated rings. The number of benzene rings is 2. The largest absolute Gasteiger partial charge is 0.345 e. The Morgan fingerprint density at radius 2 is 1.77 bits per heavy atom. The Bertz CT molecular complexity index is 1050. The van der Waals surface area contributed by atoms with Crippen molar-refractivity contribution in [2.45, 2.75) is 24.4 Å². The molecule has 1 aliphatic carbocycles. The molecule has 1 saturated carbocycles. The number of halogens is 1. The quantitative estimate of drug-likeness (QED) is 0.679. The first-order valence-electron chi connectivity index (χ1n) is 10.1. The van der Waals surface area contributed by atoms with Gasteiger partial charge in [0.15, 0.2) is 0 Å². The molecule has 1 N–H and O–H groups in total. The monoisotopic (exact) mass is 420 g/mol. The fraction of sp³-hybridized carbons (Fsp3) is 0.250. The van der Waals surface area contributed by atoms with E-state index in [2.05, 4.69) is 5.32 Å². The van der Waals surface area contributed by atoms with Gasteiger partial charge in [-0.2, -0.15) is 0 Å². The highest BCUT2D eigenvalue weighted by molar-refractivity contribution is 7.10. The summed E-state index contributed by atoms with van der Waals surface area (Å²) in [5.41, 5.74) is 1.96. The Morgan fingerprint density at radius 1 is 1.00 bits per heavy atom. The third-order valence-corrected chi connectivity index (χ3v) is 6.88. The lowest BCUT2D eigenvalue weighted by atomic mass is 9.99. The van der Waals surface area contributed by atoms with Gasteiger partial charge in [0.1, 0.15) is 11.9 Å². The van der Waals surface area contributed by atoms with Gasteiger partial charge in [0.2, 0.25) is 11.8 Å². The Labute approximate surface area is 178 Å². The van der Waals surface area contributed by atoms with Gasteiger partial charge in [-0.1, -0.05) is 48.5 Å². The van der Waals surface area contributed by atoms with Crippen molar-refractivity contribution in [3.8, 4) is 0 Å². The normalized spacial score (nSPS) is 25.6. The fourth-order valence-corrected chi connectivity index (χ4v) is 5.15. The summed E-state index contributed by atoms with van der Waals surface area (Å²) in [5.74, 6) is -0.510. The van der Waals surface area contributed by atoms with Gasteiger partial charge in [-0.25, -0.2) is 4.39 Å². The summed E-state index contributed by atoms with van der Waals surface area (Å²) < 4.78 is 13.3. The number of piperazine rings is 1. The van der Waals surface area contributed by atoms with E-state index in [0.29, 0.717) is 6.54 Å². The third-order valence-electron chi connectivity index (χ3n) is 5.96. The molecule has 2 amide bonds. The van der Waals surface area contributed by atoms with E-state index in [9.17, 15) is 14.0 Å². The minimum Gasteiger partial charge on any atom is -0.345 e. The number of hydrogen-bond donors (Lipinski definition) is 1. The van der Waals surface area contributed by atoms with Crippen LogP contribution in [-0.2, 0) is 9.59 Å². The van der Waals surface area contributed by atoms with Crippen LogP contribution >= 0.6 is 11.3 Å². The van der Waals surface area contributed by atoms with E-state index in [4.69, 9.17) is 0 Å². The number of carbonyl (C=O) groups is 2. The Morgan fingerprint density at radius 3 is 2.47 bits per heavy atom. The van der Waals surface area contributed by atoms with E-state index < -0.39 is 6.04 Å². The van der Waals surface area contributed by atoms with Crippen LogP contribution in [0.5, 0.6) is 0 Å². The third kappa shape index (κ3) is 3.52. The Hall–Kier alpha value is -2.99. The van der Waals surface area contributed by atoms with Crippen LogP contribution in [0.15, 0.2) is 72.1 Å². The minimum absolute atomic E-state index is 0.00138. The standard InChI is InChI=1S/C24H21FN2O2S/c25-17-10-8-15(9-11-17)18-13-19(18)24(29)27-14-20(16-5-2-1-3-6-16)26-23(28)22(27)21-7-4-12-30-21/h1-12,18-20,22H,13-14H2,(H,26,28)/t18-,19+,20+,22-/m0/s1. The molecule has 3 aromatic rings. The van der Waals surface area contributed by atoms with Gasteiger partial charge < -0.3 is 10.2 Å². The number of carbonyl (C=O) groups excluding carboxylic acids is 2. The van der Waals surface area contributed by atoms with Gasteiger partial charge in [0, 0.05) is 17.3 Å². The van der Waals surface area contributed by atoms with Crippen molar-refractivity contribution in [3.05, 3.63) is 93.9 Å². The van der Waals surface area contributed by atoms with Crippen LogP contribution in [0.25, 0.3) is 0 Å². The molecular formula is C24H21FN2O2S. The molecule has 2 aromatic carbocycles. The van der Waals surface area contributed by atoms with Gasteiger partial charge in [0.25, 0.3) is 0 Å². The summed E-state index contributed by atoms with van der Waals surface area (Å²) >= 11 is 1.49. The van der Waals surface area contributed by atoms with E-state index in [1.54, 1.807) is 17.0 Å². The van der Waals surface area contributed by atoms with Crippen LogP contribution in [0, 0.1) is 11.7 Å². The van der Waals surface area contributed by atoms with E-state index in [1.807, 2.05) is 47.8 Å². The van der Waals surface area contributed by atoms with Crippen molar-refractivity contribution >= 4 is 23.2 Å². The van der Waals surface area contributed by atoms with E-state index in [1.165, 1.54) is 23.5 Å². The SMILES string of the molecule is O=C1N[C@@H](c2ccccc2)CN(C(=O)[C@@H]2C[C@H]2c2ccc(F)cc2)[C@H]1c1cccs1. The second-order valence-corrected chi connectivity index (χ2v) is 8.86. The van der Waals surface area contributed by atoms with Crippen LogP contribution in [0.1, 0.15) is 40.4 Å². The number of nitrogens with zero attached hydrogens (tertiary/aromatic N) is 1. The zero-order valence-electron chi connectivity index (χ0n) is 16.2. The van der Waals surface area contributed by atoms with E-state index in [0.717, 1.165) is 22.4 Å². The van der Waals surface area contributed by atoms with Crippen molar-refractivity contribution in [1.29, 1.82) is 0 Å². The average Bonchev–Trinajstić information content (AvgIpc) is 3.38. The zero-order chi connectivity index (χ0) is 20.7. The van der Waals surface area contributed by atoms with Crippen LogP contribution < -0.4 is 5.32 Å². The average molecular weight is 421 g/mol. The lowest BCUT2D eigenvalue weighted by Crippen LogP contribution is -2.53. The molecular weight excluding hydrogens is 399 g/mol. The maximum atomic E-state index is 13.5. The van der Waals surface area contributed by atoms with Gasteiger partial charge in [0.05, 0.1) is 6.04 Å². The van der Waals surface area contributed by atoms with Crippen molar-refractivity contribution in [1.82, 2.24) is 10.2 Å². The summed E-state index contributed by atoms with van der Waals surface area (Å²) in [5, 5.41) is 5.02. The summed E-state index contributed by atoms with van der Waals surface area (Å²) in [4.78, 5) is 29.2. The molecule has 2 heterocycles. The number of rotatable bonds is 4. The Kier molecular flexibility index (Phi) is 4.87. The summed E-state index contributed by atoms with van der Waals surface area (Å²) in [6.45, 7) is 0.434. The molecule has 2 aliphatic rings. The first kappa shape index (κ1) is 19.0. The van der Waals surface area contributed by atoms with E-state index >= 15 is 0 Å². The van der Waals surface area contributed by atoms with Gasteiger partial charge in [-0.15, -0.1) is 11.3 Å². The lowest BCUT2D eigenvalue weighted by Gasteiger charge is -2.39. The van der Waals surface area contributed by atoms with Crippen LogP contribution in [0.4, 0.5) is 4.39 Å². The summed E-state index contributed by atoms with van der Waals surface area (Å²) in [7, 11) is 0. The smallest absolute Gasteiger partial charge is 0.248 e. The molecule has 1 aromatic heterocycles. The number of amides is 2. The highest BCUT2D eigenvalue weighted by Crippen LogP contribution is 2.50.